The van der Waals surface area contributed by atoms with Gasteiger partial charge in [-0.05, 0) is 37.3 Å². The average molecular weight is 508 g/mol. The smallest absolute Gasteiger partial charge is 0.251 e. The number of ether oxygens (including phenoxy) is 1. The maximum Gasteiger partial charge on any atom is 0.251 e. The van der Waals surface area contributed by atoms with Crippen molar-refractivity contribution < 1.29 is 14.3 Å². The SMILES string of the molecule is CCn1c(CCNC(=O)c2ccc(Cl)c(Cl)c2)nnc1SCC(=O)Nc1cccc(OC)c1. The summed E-state index contributed by atoms with van der Waals surface area (Å²) >= 11 is 13.2. The van der Waals surface area contributed by atoms with Crippen molar-refractivity contribution in [3.05, 3.63) is 63.9 Å². The van der Waals surface area contributed by atoms with Gasteiger partial charge in [-0.2, -0.15) is 0 Å². The van der Waals surface area contributed by atoms with Crippen molar-refractivity contribution in [2.24, 2.45) is 0 Å². The van der Waals surface area contributed by atoms with Crippen molar-refractivity contribution in [1.82, 2.24) is 20.1 Å². The van der Waals surface area contributed by atoms with Gasteiger partial charge in [0.15, 0.2) is 5.16 Å². The molecule has 2 aromatic carbocycles. The third-order valence-corrected chi connectivity index (χ3v) is 6.32. The Bertz CT molecular complexity index is 1140. The van der Waals surface area contributed by atoms with E-state index < -0.39 is 0 Å². The minimum atomic E-state index is -0.250. The van der Waals surface area contributed by atoms with E-state index in [4.69, 9.17) is 27.9 Å². The Kier molecular flexibility index (Phi) is 8.99. The molecule has 0 radical (unpaired) electrons. The molecule has 3 rings (SSSR count). The maximum absolute atomic E-state index is 12.3. The number of thioether (sulfide) groups is 1. The fourth-order valence-electron chi connectivity index (χ4n) is 2.98. The largest absolute Gasteiger partial charge is 0.497 e. The van der Waals surface area contributed by atoms with E-state index in [9.17, 15) is 9.59 Å². The fourth-order valence-corrected chi connectivity index (χ4v) is 4.10. The Morgan fingerprint density at radius 3 is 2.67 bits per heavy atom. The third-order valence-electron chi connectivity index (χ3n) is 4.61. The molecule has 0 fully saturated rings. The van der Waals surface area contributed by atoms with Crippen molar-refractivity contribution in [1.29, 1.82) is 0 Å². The van der Waals surface area contributed by atoms with Gasteiger partial charge in [-0.1, -0.05) is 41.0 Å². The van der Waals surface area contributed by atoms with Crippen LogP contribution in [0.1, 0.15) is 23.1 Å². The number of nitrogens with zero attached hydrogens (tertiary/aromatic N) is 3. The lowest BCUT2D eigenvalue weighted by Crippen LogP contribution is -2.26. The Morgan fingerprint density at radius 1 is 1.12 bits per heavy atom. The fraction of sp³-hybridized carbons (Fsp3) is 0.273. The van der Waals surface area contributed by atoms with Gasteiger partial charge < -0.3 is 19.9 Å². The van der Waals surface area contributed by atoms with Gasteiger partial charge in [0.1, 0.15) is 11.6 Å². The summed E-state index contributed by atoms with van der Waals surface area (Å²) < 4.78 is 7.09. The van der Waals surface area contributed by atoms with E-state index in [-0.39, 0.29) is 17.6 Å². The number of benzene rings is 2. The molecule has 2 amide bonds. The normalized spacial score (nSPS) is 10.7. The lowest BCUT2D eigenvalue weighted by atomic mass is 10.2. The van der Waals surface area contributed by atoms with Gasteiger partial charge in [0, 0.05) is 36.8 Å². The molecule has 3 aromatic rings. The molecule has 11 heteroatoms. The average Bonchev–Trinajstić information content (AvgIpc) is 3.21. The van der Waals surface area contributed by atoms with E-state index in [2.05, 4.69) is 20.8 Å². The predicted octanol–water partition coefficient (Wildman–Crippen LogP) is 4.32. The molecular formula is C22H23Cl2N5O3S. The molecule has 0 aliphatic heterocycles. The number of amides is 2. The highest BCUT2D eigenvalue weighted by Crippen LogP contribution is 2.23. The van der Waals surface area contributed by atoms with Gasteiger partial charge in [0.25, 0.3) is 5.91 Å². The highest BCUT2D eigenvalue weighted by Gasteiger charge is 2.14. The second-order valence-electron chi connectivity index (χ2n) is 6.85. The second-order valence-corrected chi connectivity index (χ2v) is 8.60. The first-order chi connectivity index (χ1) is 15.9. The standard InChI is InChI=1S/C22H23Cl2N5O3S/c1-3-29-19(9-10-25-21(31)14-7-8-17(23)18(24)11-14)27-28-22(29)33-13-20(30)26-15-5-4-6-16(12-15)32-2/h4-8,11-12H,3,9-10,13H2,1-2H3,(H,25,31)(H,26,30). The summed E-state index contributed by atoms with van der Waals surface area (Å²) in [5, 5.41) is 15.5. The van der Waals surface area contributed by atoms with Crippen molar-refractivity contribution in [2.45, 2.75) is 25.0 Å². The number of nitrogens with one attached hydrogen (secondary N) is 2. The number of carbonyl (C=O) groups excluding carboxylic acids is 2. The second kappa shape index (κ2) is 11.9. The van der Waals surface area contributed by atoms with E-state index in [0.29, 0.717) is 51.7 Å². The zero-order chi connectivity index (χ0) is 23.8. The minimum Gasteiger partial charge on any atom is -0.497 e. The number of aromatic nitrogens is 3. The molecular weight excluding hydrogens is 485 g/mol. The van der Waals surface area contributed by atoms with Crippen LogP contribution in [0.4, 0.5) is 5.69 Å². The van der Waals surface area contributed by atoms with E-state index in [1.807, 2.05) is 23.6 Å². The first-order valence-corrected chi connectivity index (χ1v) is 11.9. The summed E-state index contributed by atoms with van der Waals surface area (Å²) in [4.78, 5) is 24.6. The van der Waals surface area contributed by atoms with Crippen molar-refractivity contribution in [3.63, 3.8) is 0 Å². The molecule has 33 heavy (non-hydrogen) atoms. The van der Waals surface area contributed by atoms with Crippen LogP contribution in [0, 0.1) is 0 Å². The van der Waals surface area contributed by atoms with Crippen LogP contribution in [-0.4, -0.2) is 46.0 Å². The van der Waals surface area contributed by atoms with Crippen LogP contribution < -0.4 is 15.4 Å². The van der Waals surface area contributed by atoms with Gasteiger partial charge >= 0.3 is 0 Å². The van der Waals surface area contributed by atoms with Crippen LogP contribution >= 0.6 is 35.0 Å². The summed E-state index contributed by atoms with van der Waals surface area (Å²) in [6.45, 7) is 2.99. The van der Waals surface area contributed by atoms with Gasteiger partial charge in [0.05, 0.1) is 22.9 Å². The van der Waals surface area contributed by atoms with Gasteiger partial charge in [-0.15, -0.1) is 10.2 Å². The topological polar surface area (TPSA) is 98.1 Å². The lowest BCUT2D eigenvalue weighted by molar-refractivity contribution is -0.113. The maximum atomic E-state index is 12.3. The van der Waals surface area contributed by atoms with Crippen LogP contribution in [0.25, 0.3) is 0 Å². The lowest BCUT2D eigenvalue weighted by Gasteiger charge is -2.09. The molecule has 0 atom stereocenters. The Hall–Kier alpha value is -2.75. The molecule has 0 unspecified atom stereocenters. The van der Waals surface area contributed by atoms with Gasteiger partial charge in [-0.25, -0.2) is 0 Å². The van der Waals surface area contributed by atoms with E-state index in [0.717, 1.165) is 5.82 Å². The number of halogens is 2. The Labute approximate surface area is 206 Å². The molecule has 1 aromatic heterocycles. The van der Waals surface area contributed by atoms with Crippen molar-refractivity contribution >= 4 is 52.5 Å². The quantitative estimate of drug-likeness (QED) is 0.396. The highest BCUT2D eigenvalue weighted by molar-refractivity contribution is 7.99. The van der Waals surface area contributed by atoms with Crippen molar-refractivity contribution in [3.8, 4) is 5.75 Å². The van der Waals surface area contributed by atoms with Crippen LogP contribution in [-0.2, 0) is 17.8 Å². The zero-order valence-electron chi connectivity index (χ0n) is 18.1. The number of hydrogen-bond acceptors (Lipinski definition) is 6. The zero-order valence-corrected chi connectivity index (χ0v) is 20.4. The molecule has 0 aliphatic rings. The minimum absolute atomic E-state index is 0.158. The summed E-state index contributed by atoms with van der Waals surface area (Å²) in [7, 11) is 1.57. The number of rotatable bonds is 10. The molecule has 0 bridgehead atoms. The van der Waals surface area contributed by atoms with E-state index in [1.54, 1.807) is 31.4 Å². The van der Waals surface area contributed by atoms with Crippen LogP contribution in [0.15, 0.2) is 47.6 Å². The Balaban J connectivity index is 1.52. The molecule has 0 aliphatic carbocycles. The summed E-state index contributed by atoms with van der Waals surface area (Å²) in [6, 6.07) is 11.9. The first kappa shape index (κ1) is 24.9. The summed E-state index contributed by atoms with van der Waals surface area (Å²) in [5.74, 6) is 1.17. The number of anilines is 1. The Morgan fingerprint density at radius 2 is 1.94 bits per heavy atom. The molecule has 0 saturated carbocycles. The highest BCUT2D eigenvalue weighted by atomic mass is 35.5. The molecule has 0 saturated heterocycles. The van der Waals surface area contributed by atoms with Gasteiger partial charge in [-0.3, -0.25) is 9.59 Å². The molecule has 0 spiro atoms. The number of hydrogen-bond donors (Lipinski definition) is 2. The van der Waals surface area contributed by atoms with Crippen molar-refractivity contribution in [2.75, 3.05) is 24.7 Å². The first-order valence-electron chi connectivity index (χ1n) is 10.1. The van der Waals surface area contributed by atoms with E-state index >= 15 is 0 Å². The molecule has 174 valence electrons. The predicted molar refractivity (Wildman–Crippen MR) is 131 cm³/mol. The van der Waals surface area contributed by atoms with Gasteiger partial charge in [0.2, 0.25) is 5.91 Å². The van der Waals surface area contributed by atoms with Crippen LogP contribution in [0.2, 0.25) is 10.0 Å². The third kappa shape index (κ3) is 6.86. The monoisotopic (exact) mass is 507 g/mol. The number of carbonyl (C=O) groups is 2. The summed E-state index contributed by atoms with van der Waals surface area (Å²) in [6.07, 6.45) is 0.491. The van der Waals surface area contributed by atoms with E-state index in [1.165, 1.54) is 17.8 Å². The number of methoxy groups -OCH3 is 1. The summed E-state index contributed by atoms with van der Waals surface area (Å²) in [5.41, 5.74) is 1.09. The molecule has 1 heterocycles. The molecule has 8 nitrogen and oxygen atoms in total. The molecule has 2 N–H and O–H groups in total. The van der Waals surface area contributed by atoms with Crippen LogP contribution in [0.5, 0.6) is 5.75 Å². The van der Waals surface area contributed by atoms with Crippen LogP contribution in [0.3, 0.4) is 0 Å².